The molecule has 1 fully saturated rings. The van der Waals surface area contributed by atoms with Crippen LogP contribution in [0.2, 0.25) is 0 Å². The van der Waals surface area contributed by atoms with Crippen LogP contribution in [-0.4, -0.2) is 23.9 Å². The van der Waals surface area contributed by atoms with Gasteiger partial charge in [0.1, 0.15) is 13.8 Å². The topological polar surface area (TPSA) is 3.01 Å². The molecule has 1 aliphatic rings. The highest BCUT2D eigenvalue weighted by molar-refractivity contribution is 5.42. The molecule has 0 N–H and O–H groups in total. The summed E-state index contributed by atoms with van der Waals surface area (Å²) in [6.07, 6.45) is 5.16. The standard InChI is InChI=1S/C13H20N/c1-7-8-10(2)11(3)12-9-13(12,4)14(5)6/h7-8,12H,2-3,5,9H2,1,4,6H3/q+1/b8-7-. The minimum absolute atomic E-state index is 0.196. The van der Waals surface area contributed by atoms with Crippen LogP contribution < -0.4 is 0 Å². The predicted octanol–water partition coefficient (Wildman–Crippen LogP) is 2.80. The van der Waals surface area contributed by atoms with Gasteiger partial charge in [-0.15, -0.1) is 0 Å². The molecule has 1 rings (SSSR count). The third-order valence-corrected chi connectivity index (χ3v) is 3.28. The summed E-state index contributed by atoms with van der Waals surface area (Å²) in [5, 5.41) is 0. The first kappa shape index (κ1) is 11.0. The Morgan fingerprint density at radius 2 is 2.07 bits per heavy atom. The van der Waals surface area contributed by atoms with E-state index in [2.05, 4.69) is 26.8 Å². The zero-order valence-corrected chi connectivity index (χ0v) is 9.51. The monoisotopic (exact) mass is 190 g/mol. The summed E-state index contributed by atoms with van der Waals surface area (Å²) < 4.78 is 2.03. The molecule has 0 heterocycles. The van der Waals surface area contributed by atoms with E-state index in [-0.39, 0.29) is 5.54 Å². The van der Waals surface area contributed by atoms with Gasteiger partial charge in [0.2, 0.25) is 0 Å². The first-order valence-corrected chi connectivity index (χ1v) is 4.98. The van der Waals surface area contributed by atoms with Gasteiger partial charge in [0.25, 0.3) is 0 Å². The number of rotatable bonds is 4. The highest BCUT2D eigenvalue weighted by Gasteiger charge is 2.59. The van der Waals surface area contributed by atoms with E-state index in [0.717, 1.165) is 17.6 Å². The maximum Gasteiger partial charge on any atom is 0.166 e. The Kier molecular flexibility index (Phi) is 2.79. The zero-order valence-electron chi connectivity index (χ0n) is 9.51. The van der Waals surface area contributed by atoms with Crippen LogP contribution >= 0.6 is 0 Å². The van der Waals surface area contributed by atoms with Crippen LogP contribution in [0.5, 0.6) is 0 Å². The molecule has 0 aliphatic heterocycles. The molecule has 76 valence electrons. The van der Waals surface area contributed by atoms with Crippen molar-refractivity contribution in [3.8, 4) is 0 Å². The lowest BCUT2D eigenvalue weighted by atomic mass is 10.0. The van der Waals surface area contributed by atoms with Gasteiger partial charge in [0, 0.05) is 13.3 Å². The van der Waals surface area contributed by atoms with Gasteiger partial charge >= 0.3 is 0 Å². The highest BCUT2D eigenvalue weighted by atomic mass is 15.1. The third kappa shape index (κ3) is 1.72. The first-order chi connectivity index (χ1) is 6.43. The minimum atomic E-state index is 0.196. The summed E-state index contributed by atoms with van der Waals surface area (Å²) in [5.74, 6) is 0.522. The van der Waals surface area contributed by atoms with E-state index in [1.54, 1.807) is 0 Å². The number of nitrogens with zero attached hydrogens (tertiary/aromatic N) is 1. The maximum absolute atomic E-state index is 4.11. The van der Waals surface area contributed by atoms with Gasteiger partial charge in [-0.3, -0.25) is 0 Å². The van der Waals surface area contributed by atoms with Crippen molar-refractivity contribution in [3.63, 3.8) is 0 Å². The van der Waals surface area contributed by atoms with E-state index >= 15 is 0 Å². The fourth-order valence-electron chi connectivity index (χ4n) is 1.81. The summed E-state index contributed by atoms with van der Waals surface area (Å²) in [5.41, 5.74) is 2.39. The molecular weight excluding hydrogens is 170 g/mol. The highest BCUT2D eigenvalue weighted by Crippen LogP contribution is 2.51. The SMILES string of the molecule is C=C(/C=C\C)C(=C)C1CC1(C)[N+](=C)C. The molecule has 0 saturated heterocycles. The summed E-state index contributed by atoms with van der Waals surface area (Å²) in [6.45, 7) is 16.3. The second-order valence-corrected chi connectivity index (χ2v) is 4.36. The van der Waals surface area contributed by atoms with Gasteiger partial charge in [0.05, 0.1) is 5.92 Å². The van der Waals surface area contributed by atoms with Crippen molar-refractivity contribution >= 4 is 6.72 Å². The third-order valence-electron chi connectivity index (χ3n) is 3.28. The molecule has 1 aliphatic carbocycles. The molecule has 1 saturated carbocycles. The van der Waals surface area contributed by atoms with E-state index < -0.39 is 0 Å². The van der Waals surface area contributed by atoms with Gasteiger partial charge in [-0.05, 0) is 18.1 Å². The van der Waals surface area contributed by atoms with Crippen molar-refractivity contribution in [1.82, 2.24) is 0 Å². The van der Waals surface area contributed by atoms with Gasteiger partial charge < -0.3 is 0 Å². The van der Waals surface area contributed by atoms with Gasteiger partial charge in [-0.25, -0.2) is 4.58 Å². The molecule has 0 aromatic heterocycles. The zero-order chi connectivity index (χ0) is 10.9. The maximum atomic E-state index is 4.11. The largest absolute Gasteiger partial charge is 0.239 e. The second kappa shape index (κ2) is 3.56. The van der Waals surface area contributed by atoms with Crippen molar-refractivity contribution in [3.05, 3.63) is 36.5 Å². The Balaban J connectivity index is 2.68. The molecular formula is C13H20N+. The molecule has 14 heavy (non-hydrogen) atoms. The molecule has 0 radical (unpaired) electrons. The molecule has 2 atom stereocenters. The van der Waals surface area contributed by atoms with E-state index in [1.165, 1.54) is 0 Å². The van der Waals surface area contributed by atoms with Gasteiger partial charge in [-0.1, -0.05) is 25.3 Å². The molecule has 1 heteroatoms. The van der Waals surface area contributed by atoms with Crippen molar-refractivity contribution in [2.24, 2.45) is 5.92 Å². The predicted molar refractivity (Wildman–Crippen MR) is 62.9 cm³/mol. The molecule has 2 unspecified atom stereocenters. The molecule has 0 amide bonds. The summed E-state index contributed by atoms with van der Waals surface area (Å²) in [4.78, 5) is 0. The average molecular weight is 190 g/mol. The molecule has 0 aromatic carbocycles. The number of allylic oxidation sites excluding steroid dienone is 3. The normalized spacial score (nSPS) is 30.4. The van der Waals surface area contributed by atoms with Crippen molar-refractivity contribution in [2.45, 2.75) is 25.8 Å². The van der Waals surface area contributed by atoms with Crippen LogP contribution in [0.3, 0.4) is 0 Å². The lowest BCUT2D eigenvalue weighted by molar-refractivity contribution is -0.544. The Hall–Kier alpha value is -1.11. The Morgan fingerprint density at radius 3 is 2.43 bits per heavy atom. The van der Waals surface area contributed by atoms with Crippen molar-refractivity contribution in [2.75, 3.05) is 7.05 Å². The summed E-state index contributed by atoms with van der Waals surface area (Å²) >= 11 is 0. The van der Waals surface area contributed by atoms with E-state index in [1.807, 2.05) is 30.7 Å². The Morgan fingerprint density at radius 1 is 1.50 bits per heavy atom. The lowest BCUT2D eigenvalue weighted by Crippen LogP contribution is -2.22. The quantitative estimate of drug-likeness (QED) is 0.364. The average Bonchev–Trinajstić information content (AvgIpc) is 2.79. The van der Waals surface area contributed by atoms with Crippen LogP contribution in [-0.2, 0) is 0 Å². The van der Waals surface area contributed by atoms with Gasteiger partial charge in [0.15, 0.2) is 5.54 Å². The van der Waals surface area contributed by atoms with Crippen LogP contribution in [0.25, 0.3) is 0 Å². The van der Waals surface area contributed by atoms with Crippen LogP contribution in [0.15, 0.2) is 36.5 Å². The summed E-state index contributed by atoms with van der Waals surface area (Å²) in [6, 6.07) is 0. The van der Waals surface area contributed by atoms with Crippen molar-refractivity contribution < 1.29 is 4.58 Å². The van der Waals surface area contributed by atoms with Crippen LogP contribution in [0.1, 0.15) is 20.3 Å². The first-order valence-electron chi connectivity index (χ1n) is 4.98. The van der Waals surface area contributed by atoms with E-state index in [9.17, 15) is 0 Å². The van der Waals surface area contributed by atoms with Gasteiger partial charge in [-0.2, -0.15) is 0 Å². The second-order valence-electron chi connectivity index (χ2n) is 4.36. The lowest BCUT2D eigenvalue weighted by Gasteiger charge is -2.08. The Bertz CT molecular complexity index is 322. The fraction of sp³-hybridized carbons (Fsp3) is 0.462. The minimum Gasteiger partial charge on any atom is -0.239 e. The van der Waals surface area contributed by atoms with E-state index in [4.69, 9.17) is 0 Å². The van der Waals surface area contributed by atoms with Crippen LogP contribution in [0, 0.1) is 5.92 Å². The van der Waals surface area contributed by atoms with Crippen LogP contribution in [0.4, 0.5) is 0 Å². The van der Waals surface area contributed by atoms with Crippen molar-refractivity contribution in [1.29, 1.82) is 0 Å². The summed E-state index contributed by atoms with van der Waals surface area (Å²) in [7, 11) is 2.02. The number of hydrogen-bond acceptors (Lipinski definition) is 0. The molecule has 0 bridgehead atoms. The molecule has 0 spiro atoms. The molecule has 0 aromatic rings. The number of hydrogen-bond donors (Lipinski definition) is 0. The van der Waals surface area contributed by atoms with E-state index in [0.29, 0.717) is 5.92 Å². The molecule has 1 nitrogen and oxygen atoms in total. The smallest absolute Gasteiger partial charge is 0.166 e. The fourth-order valence-corrected chi connectivity index (χ4v) is 1.81. The Labute approximate surface area is 87.1 Å².